The van der Waals surface area contributed by atoms with Crippen molar-refractivity contribution in [3.8, 4) is 11.4 Å². The predicted octanol–water partition coefficient (Wildman–Crippen LogP) is 4.33. The Morgan fingerprint density at radius 3 is 2.57 bits per heavy atom. The van der Waals surface area contributed by atoms with Crippen LogP contribution in [0, 0.1) is 0 Å². The third-order valence-electron chi connectivity index (χ3n) is 3.88. The summed E-state index contributed by atoms with van der Waals surface area (Å²) in [5, 5.41) is 4.15. The molecule has 0 saturated carbocycles. The second-order valence-electron chi connectivity index (χ2n) is 5.73. The highest BCUT2D eigenvalue weighted by molar-refractivity contribution is 9.10. The van der Waals surface area contributed by atoms with Gasteiger partial charge in [-0.05, 0) is 35.0 Å². The number of carbonyl (C=O) groups is 1. The summed E-state index contributed by atoms with van der Waals surface area (Å²) in [6.45, 7) is 1.79. The molecular formula is C16H12BrF5N4O2. The van der Waals surface area contributed by atoms with Crippen molar-refractivity contribution in [2.75, 3.05) is 6.61 Å². The molecule has 0 spiro atoms. The van der Waals surface area contributed by atoms with Crippen molar-refractivity contribution in [3.05, 3.63) is 40.3 Å². The molecule has 3 heterocycles. The number of alkyl halides is 5. The summed E-state index contributed by atoms with van der Waals surface area (Å²) in [6.07, 6.45) is -3.28. The van der Waals surface area contributed by atoms with E-state index in [0.717, 1.165) is 6.20 Å². The van der Waals surface area contributed by atoms with Gasteiger partial charge in [-0.3, -0.25) is 4.68 Å². The first-order valence-electron chi connectivity index (χ1n) is 7.81. The Morgan fingerprint density at radius 2 is 1.96 bits per heavy atom. The first kappa shape index (κ1) is 20.2. The normalized spacial score (nSPS) is 12.6. The Kier molecular flexibility index (Phi) is 4.94. The number of imidazole rings is 1. The van der Waals surface area contributed by atoms with Gasteiger partial charge in [0, 0.05) is 25.0 Å². The van der Waals surface area contributed by atoms with Crippen LogP contribution >= 0.6 is 15.9 Å². The van der Waals surface area contributed by atoms with Gasteiger partial charge < -0.3 is 9.14 Å². The summed E-state index contributed by atoms with van der Waals surface area (Å²) < 4.78 is 72.6. The Hall–Kier alpha value is -2.50. The van der Waals surface area contributed by atoms with Crippen molar-refractivity contribution in [1.29, 1.82) is 0 Å². The van der Waals surface area contributed by atoms with Gasteiger partial charge in [0.2, 0.25) is 0 Å². The first-order valence-corrected chi connectivity index (χ1v) is 8.60. The second-order valence-corrected chi connectivity index (χ2v) is 6.53. The molecule has 0 saturated heterocycles. The number of rotatable bonds is 4. The van der Waals surface area contributed by atoms with Crippen molar-refractivity contribution in [3.63, 3.8) is 0 Å². The van der Waals surface area contributed by atoms with Crippen molar-refractivity contribution < 1.29 is 31.5 Å². The third-order valence-corrected chi connectivity index (χ3v) is 4.63. The van der Waals surface area contributed by atoms with E-state index in [2.05, 4.69) is 26.0 Å². The predicted molar refractivity (Wildman–Crippen MR) is 91.0 cm³/mol. The van der Waals surface area contributed by atoms with Gasteiger partial charge in [-0.25, -0.2) is 9.78 Å². The van der Waals surface area contributed by atoms with Gasteiger partial charge in [0.1, 0.15) is 17.0 Å². The van der Waals surface area contributed by atoms with E-state index in [1.54, 1.807) is 6.92 Å². The van der Waals surface area contributed by atoms with Gasteiger partial charge in [-0.1, -0.05) is 0 Å². The fourth-order valence-corrected chi connectivity index (χ4v) is 3.24. The minimum absolute atomic E-state index is 0.109. The van der Waals surface area contributed by atoms with Crippen LogP contribution in [0.1, 0.15) is 23.0 Å². The molecular weight excluding hydrogens is 455 g/mol. The van der Waals surface area contributed by atoms with Gasteiger partial charge in [-0.2, -0.15) is 27.1 Å². The number of aryl methyl sites for hydroxylation is 1. The molecule has 0 unspecified atom stereocenters. The molecule has 0 aliphatic heterocycles. The molecule has 0 fully saturated rings. The second kappa shape index (κ2) is 6.83. The van der Waals surface area contributed by atoms with E-state index < -0.39 is 23.6 Å². The van der Waals surface area contributed by atoms with Gasteiger partial charge >= 0.3 is 18.1 Å². The molecule has 0 aromatic carbocycles. The maximum Gasteiger partial charge on any atom is 0.458 e. The van der Waals surface area contributed by atoms with Crippen LogP contribution in [-0.2, 0) is 17.7 Å². The Balaban J connectivity index is 2.07. The topological polar surface area (TPSA) is 61.4 Å². The average molecular weight is 467 g/mol. The molecule has 0 N–H and O–H groups in total. The zero-order valence-electron chi connectivity index (χ0n) is 14.4. The summed E-state index contributed by atoms with van der Waals surface area (Å²) in [5.41, 5.74) is -0.870. The van der Waals surface area contributed by atoms with Crippen LogP contribution in [-0.4, -0.2) is 37.9 Å². The average Bonchev–Trinajstić information content (AvgIpc) is 3.13. The largest absolute Gasteiger partial charge is 0.461 e. The minimum Gasteiger partial charge on any atom is -0.461 e. The molecule has 3 aromatic rings. The van der Waals surface area contributed by atoms with Gasteiger partial charge in [0.15, 0.2) is 5.69 Å². The molecule has 0 aliphatic rings. The van der Waals surface area contributed by atoms with Crippen molar-refractivity contribution in [2.24, 2.45) is 7.05 Å². The highest BCUT2D eigenvalue weighted by Gasteiger charge is 2.58. The molecule has 3 rings (SSSR count). The van der Waals surface area contributed by atoms with Crippen LogP contribution in [0.3, 0.4) is 0 Å². The molecule has 3 aromatic heterocycles. The minimum atomic E-state index is -5.72. The van der Waals surface area contributed by atoms with Crippen LogP contribution in [0.25, 0.3) is 17.0 Å². The SMILES string of the molecule is CCOC(=O)c1c(Br)c(-c2cn3ccc(C(F)(F)C(F)(F)F)cc3n2)nn1C. The maximum absolute atomic E-state index is 13.6. The Morgan fingerprint density at radius 1 is 1.29 bits per heavy atom. The number of pyridine rings is 1. The van der Waals surface area contributed by atoms with E-state index >= 15 is 0 Å². The summed E-state index contributed by atoms with van der Waals surface area (Å²) in [5.74, 6) is -5.64. The molecule has 0 radical (unpaired) electrons. The number of nitrogens with zero attached hydrogens (tertiary/aromatic N) is 4. The number of esters is 1. The molecule has 0 amide bonds. The third kappa shape index (κ3) is 3.25. The van der Waals surface area contributed by atoms with Crippen LogP contribution in [0.2, 0.25) is 0 Å². The van der Waals surface area contributed by atoms with Gasteiger partial charge in [0.05, 0.1) is 11.1 Å². The lowest BCUT2D eigenvalue weighted by molar-refractivity contribution is -0.289. The monoisotopic (exact) mass is 466 g/mol. The number of hydrogen-bond donors (Lipinski definition) is 0. The Bertz CT molecular complexity index is 1060. The van der Waals surface area contributed by atoms with Crippen LogP contribution < -0.4 is 0 Å². The highest BCUT2D eigenvalue weighted by atomic mass is 79.9. The number of halogens is 6. The molecule has 28 heavy (non-hydrogen) atoms. The van der Waals surface area contributed by atoms with Crippen LogP contribution in [0.5, 0.6) is 0 Å². The van der Waals surface area contributed by atoms with Crippen LogP contribution in [0.4, 0.5) is 22.0 Å². The summed E-state index contributed by atoms with van der Waals surface area (Å²) in [4.78, 5) is 16.1. The van der Waals surface area contributed by atoms with Crippen molar-refractivity contribution >= 4 is 27.5 Å². The molecule has 12 heteroatoms. The summed E-state index contributed by atoms with van der Waals surface area (Å²) in [7, 11) is 1.50. The lowest BCUT2D eigenvalue weighted by Gasteiger charge is -2.19. The van der Waals surface area contributed by atoms with Crippen molar-refractivity contribution in [2.45, 2.75) is 19.0 Å². The molecule has 0 aliphatic carbocycles. The van der Waals surface area contributed by atoms with E-state index in [1.165, 1.54) is 22.3 Å². The van der Waals surface area contributed by atoms with Gasteiger partial charge in [-0.15, -0.1) is 0 Å². The van der Waals surface area contributed by atoms with E-state index in [0.29, 0.717) is 12.1 Å². The standard InChI is InChI=1S/C16H12BrF5N4O2/c1-3-28-14(27)13-11(17)12(24-25(13)2)9-7-26-5-4-8(6-10(26)23-9)15(18,19)16(20,21)22/h4-7H,3H2,1-2H3. The highest BCUT2D eigenvalue weighted by Crippen LogP contribution is 2.44. The fourth-order valence-electron chi connectivity index (χ4n) is 2.54. The quantitative estimate of drug-likeness (QED) is 0.424. The fraction of sp³-hybridized carbons (Fsp3) is 0.312. The number of fused-ring (bicyclic) bond motifs is 1. The lowest BCUT2D eigenvalue weighted by atomic mass is 10.1. The van der Waals surface area contributed by atoms with E-state index in [9.17, 15) is 26.7 Å². The zero-order chi connectivity index (χ0) is 20.9. The van der Waals surface area contributed by atoms with E-state index in [4.69, 9.17) is 4.74 Å². The number of ether oxygens (including phenoxy) is 1. The first-order chi connectivity index (χ1) is 13.0. The number of hydrogen-bond acceptors (Lipinski definition) is 4. The van der Waals surface area contributed by atoms with Crippen molar-refractivity contribution in [1.82, 2.24) is 19.2 Å². The molecule has 6 nitrogen and oxygen atoms in total. The number of carbonyl (C=O) groups excluding carboxylic acids is 1. The smallest absolute Gasteiger partial charge is 0.458 e. The summed E-state index contributed by atoms with van der Waals surface area (Å²) in [6, 6.07) is 1.32. The molecule has 0 atom stereocenters. The van der Waals surface area contributed by atoms with E-state index in [1.807, 2.05) is 0 Å². The summed E-state index contributed by atoms with van der Waals surface area (Å²) >= 11 is 3.24. The van der Waals surface area contributed by atoms with E-state index in [-0.39, 0.29) is 33.8 Å². The lowest BCUT2D eigenvalue weighted by Crippen LogP contribution is -2.33. The van der Waals surface area contributed by atoms with Gasteiger partial charge in [0.25, 0.3) is 0 Å². The van der Waals surface area contributed by atoms with Crippen LogP contribution in [0.15, 0.2) is 29.0 Å². The molecule has 0 bridgehead atoms. The Labute approximate surface area is 163 Å². The maximum atomic E-state index is 13.6. The molecule has 150 valence electrons. The zero-order valence-corrected chi connectivity index (χ0v) is 16.0. The number of aromatic nitrogens is 4.